The molecule has 0 bridgehead atoms. The number of nitrogens with zero attached hydrogens (tertiary/aromatic N) is 3. The van der Waals surface area contributed by atoms with Crippen LogP contribution in [0.3, 0.4) is 0 Å². The SMILES string of the molecule is Cc1nn(CCc2ccccn2)c(C)c1CC(=O)O. The van der Waals surface area contributed by atoms with Crippen molar-refractivity contribution < 1.29 is 9.90 Å². The summed E-state index contributed by atoms with van der Waals surface area (Å²) in [6.45, 7) is 4.47. The summed E-state index contributed by atoms with van der Waals surface area (Å²) in [5.74, 6) is -0.824. The lowest BCUT2D eigenvalue weighted by atomic mass is 10.1. The van der Waals surface area contributed by atoms with Crippen LogP contribution in [0.25, 0.3) is 0 Å². The van der Waals surface area contributed by atoms with E-state index >= 15 is 0 Å². The van der Waals surface area contributed by atoms with Crippen LogP contribution in [0.4, 0.5) is 0 Å². The number of aryl methyl sites for hydroxylation is 3. The van der Waals surface area contributed by atoms with E-state index in [-0.39, 0.29) is 6.42 Å². The Bertz CT molecular complexity index is 576. The molecule has 0 spiro atoms. The highest BCUT2D eigenvalue weighted by Crippen LogP contribution is 2.14. The molecule has 0 radical (unpaired) electrons. The van der Waals surface area contributed by atoms with Gasteiger partial charge in [0.1, 0.15) is 0 Å². The summed E-state index contributed by atoms with van der Waals surface area (Å²) in [5.41, 5.74) is 3.54. The molecule has 0 aliphatic rings. The third-order valence-corrected chi connectivity index (χ3v) is 3.17. The second-order valence-corrected chi connectivity index (χ2v) is 4.51. The molecule has 0 aromatic carbocycles. The van der Waals surface area contributed by atoms with Gasteiger partial charge in [0, 0.05) is 36.1 Å². The van der Waals surface area contributed by atoms with Gasteiger partial charge in [-0.25, -0.2) is 0 Å². The predicted molar refractivity (Wildman–Crippen MR) is 71.0 cm³/mol. The molecule has 2 aromatic rings. The first-order valence-electron chi connectivity index (χ1n) is 6.22. The Hall–Kier alpha value is -2.17. The van der Waals surface area contributed by atoms with Gasteiger partial charge in [-0.2, -0.15) is 5.10 Å². The van der Waals surface area contributed by atoms with Crippen molar-refractivity contribution in [3.63, 3.8) is 0 Å². The van der Waals surface area contributed by atoms with E-state index in [1.165, 1.54) is 0 Å². The van der Waals surface area contributed by atoms with Crippen LogP contribution in [0, 0.1) is 13.8 Å². The molecule has 0 saturated heterocycles. The van der Waals surface area contributed by atoms with Crippen molar-refractivity contribution in [3.05, 3.63) is 47.0 Å². The van der Waals surface area contributed by atoms with Gasteiger partial charge in [-0.3, -0.25) is 14.5 Å². The van der Waals surface area contributed by atoms with E-state index in [9.17, 15) is 4.79 Å². The monoisotopic (exact) mass is 259 g/mol. The fourth-order valence-corrected chi connectivity index (χ4v) is 2.13. The van der Waals surface area contributed by atoms with Crippen molar-refractivity contribution in [1.82, 2.24) is 14.8 Å². The molecule has 19 heavy (non-hydrogen) atoms. The number of hydrogen-bond donors (Lipinski definition) is 1. The normalized spacial score (nSPS) is 10.6. The van der Waals surface area contributed by atoms with Crippen molar-refractivity contribution in [1.29, 1.82) is 0 Å². The number of carbonyl (C=O) groups is 1. The summed E-state index contributed by atoms with van der Waals surface area (Å²) in [6.07, 6.45) is 2.59. The maximum Gasteiger partial charge on any atom is 0.307 e. The Morgan fingerprint density at radius 3 is 2.79 bits per heavy atom. The summed E-state index contributed by atoms with van der Waals surface area (Å²) < 4.78 is 1.86. The number of carboxylic acids is 1. The third-order valence-electron chi connectivity index (χ3n) is 3.17. The molecular formula is C14H17N3O2. The second-order valence-electron chi connectivity index (χ2n) is 4.51. The van der Waals surface area contributed by atoms with Gasteiger partial charge in [0.15, 0.2) is 0 Å². The highest BCUT2D eigenvalue weighted by molar-refractivity contribution is 5.70. The average Bonchev–Trinajstić information content (AvgIpc) is 2.65. The maximum absolute atomic E-state index is 10.8. The highest BCUT2D eigenvalue weighted by Gasteiger charge is 2.14. The van der Waals surface area contributed by atoms with Gasteiger partial charge in [0.05, 0.1) is 12.1 Å². The maximum atomic E-state index is 10.8. The number of pyridine rings is 1. The van der Waals surface area contributed by atoms with Gasteiger partial charge in [0.2, 0.25) is 0 Å². The number of rotatable bonds is 5. The average molecular weight is 259 g/mol. The van der Waals surface area contributed by atoms with E-state index in [1.807, 2.05) is 36.7 Å². The molecule has 1 N–H and O–H groups in total. The van der Waals surface area contributed by atoms with Crippen molar-refractivity contribution >= 4 is 5.97 Å². The van der Waals surface area contributed by atoms with Gasteiger partial charge < -0.3 is 5.11 Å². The Morgan fingerprint density at radius 1 is 1.37 bits per heavy atom. The number of carboxylic acid groups (broad SMARTS) is 1. The van der Waals surface area contributed by atoms with E-state index in [2.05, 4.69) is 10.1 Å². The van der Waals surface area contributed by atoms with Gasteiger partial charge in [-0.05, 0) is 26.0 Å². The quantitative estimate of drug-likeness (QED) is 0.888. The first-order valence-corrected chi connectivity index (χ1v) is 6.22. The number of hydrogen-bond acceptors (Lipinski definition) is 3. The van der Waals surface area contributed by atoms with Crippen LogP contribution in [0.2, 0.25) is 0 Å². The van der Waals surface area contributed by atoms with Crippen LogP contribution in [-0.2, 0) is 24.2 Å². The fourth-order valence-electron chi connectivity index (χ4n) is 2.13. The molecule has 2 rings (SSSR count). The lowest BCUT2D eigenvalue weighted by Crippen LogP contribution is -2.07. The van der Waals surface area contributed by atoms with Gasteiger partial charge in [-0.1, -0.05) is 6.07 Å². The van der Waals surface area contributed by atoms with Crippen LogP contribution in [0.15, 0.2) is 24.4 Å². The molecule has 0 aliphatic carbocycles. The van der Waals surface area contributed by atoms with Gasteiger partial charge in [0.25, 0.3) is 0 Å². The molecule has 2 heterocycles. The van der Waals surface area contributed by atoms with E-state index in [0.29, 0.717) is 6.54 Å². The van der Waals surface area contributed by atoms with E-state index < -0.39 is 5.97 Å². The van der Waals surface area contributed by atoms with Crippen LogP contribution in [0.5, 0.6) is 0 Å². The molecule has 0 amide bonds. The van der Waals surface area contributed by atoms with E-state index in [0.717, 1.165) is 29.1 Å². The van der Waals surface area contributed by atoms with E-state index in [4.69, 9.17) is 5.11 Å². The number of aromatic nitrogens is 3. The first-order chi connectivity index (χ1) is 9.08. The minimum Gasteiger partial charge on any atom is -0.481 e. The Kier molecular flexibility index (Phi) is 3.94. The zero-order chi connectivity index (χ0) is 13.8. The molecule has 0 saturated carbocycles. The van der Waals surface area contributed by atoms with Crippen molar-refractivity contribution in [2.75, 3.05) is 0 Å². The Balaban J connectivity index is 2.11. The van der Waals surface area contributed by atoms with Gasteiger partial charge in [-0.15, -0.1) is 0 Å². The van der Waals surface area contributed by atoms with Crippen LogP contribution >= 0.6 is 0 Å². The van der Waals surface area contributed by atoms with Crippen molar-refractivity contribution in [2.24, 2.45) is 0 Å². The van der Waals surface area contributed by atoms with Crippen LogP contribution < -0.4 is 0 Å². The lowest BCUT2D eigenvalue weighted by molar-refractivity contribution is -0.136. The summed E-state index contributed by atoms with van der Waals surface area (Å²) in [5, 5.41) is 13.3. The van der Waals surface area contributed by atoms with Gasteiger partial charge >= 0.3 is 5.97 Å². The highest BCUT2D eigenvalue weighted by atomic mass is 16.4. The van der Waals surface area contributed by atoms with Crippen molar-refractivity contribution in [2.45, 2.75) is 33.2 Å². The molecule has 100 valence electrons. The number of aliphatic carboxylic acids is 1. The molecule has 0 fully saturated rings. The van der Waals surface area contributed by atoms with E-state index in [1.54, 1.807) is 6.20 Å². The fraction of sp³-hybridized carbons (Fsp3) is 0.357. The first kappa shape index (κ1) is 13.3. The largest absolute Gasteiger partial charge is 0.481 e. The summed E-state index contributed by atoms with van der Waals surface area (Å²) >= 11 is 0. The van der Waals surface area contributed by atoms with Crippen LogP contribution in [-0.4, -0.2) is 25.8 Å². The lowest BCUT2D eigenvalue weighted by Gasteiger charge is -2.04. The molecule has 5 heteroatoms. The minimum atomic E-state index is -0.824. The molecular weight excluding hydrogens is 242 g/mol. The standard InChI is InChI=1S/C14H17N3O2/c1-10-13(9-14(18)19)11(2)17(16-10)8-6-12-5-3-4-7-15-12/h3-5,7H,6,8-9H2,1-2H3,(H,18,19). The molecule has 0 unspecified atom stereocenters. The molecule has 0 atom stereocenters. The summed E-state index contributed by atoms with van der Waals surface area (Å²) in [6, 6.07) is 5.82. The minimum absolute atomic E-state index is 0.0290. The predicted octanol–water partition coefficient (Wildman–Crippen LogP) is 1.76. The molecule has 0 aliphatic heterocycles. The molecule has 2 aromatic heterocycles. The third kappa shape index (κ3) is 3.19. The molecule has 5 nitrogen and oxygen atoms in total. The smallest absolute Gasteiger partial charge is 0.307 e. The summed E-state index contributed by atoms with van der Waals surface area (Å²) in [7, 11) is 0. The second kappa shape index (κ2) is 5.65. The topological polar surface area (TPSA) is 68.0 Å². The van der Waals surface area contributed by atoms with Crippen molar-refractivity contribution in [3.8, 4) is 0 Å². The Morgan fingerprint density at radius 2 is 2.16 bits per heavy atom. The Labute approximate surface area is 111 Å². The zero-order valence-corrected chi connectivity index (χ0v) is 11.1. The summed E-state index contributed by atoms with van der Waals surface area (Å²) in [4.78, 5) is 15.1. The zero-order valence-electron chi connectivity index (χ0n) is 11.1. The van der Waals surface area contributed by atoms with Crippen LogP contribution in [0.1, 0.15) is 22.6 Å².